The zero-order valence-corrected chi connectivity index (χ0v) is 15.8. The number of aliphatic hydroxyl groups is 2. The predicted molar refractivity (Wildman–Crippen MR) is 97.1 cm³/mol. The fourth-order valence-electron chi connectivity index (χ4n) is 3.58. The van der Waals surface area contributed by atoms with Gasteiger partial charge in [0.1, 0.15) is 0 Å². The molecule has 0 aliphatic carbocycles. The SMILES string of the molecule is CCCC(C)(CO)CCCCCCCCC(C)(CO)CCC. The molecule has 2 nitrogen and oxygen atoms in total. The zero-order valence-electron chi connectivity index (χ0n) is 15.8. The van der Waals surface area contributed by atoms with Gasteiger partial charge in [-0.25, -0.2) is 0 Å². The summed E-state index contributed by atoms with van der Waals surface area (Å²) in [4.78, 5) is 0. The van der Waals surface area contributed by atoms with E-state index in [0.29, 0.717) is 13.2 Å². The van der Waals surface area contributed by atoms with Gasteiger partial charge in [0.25, 0.3) is 0 Å². The number of hydrogen-bond donors (Lipinski definition) is 2. The van der Waals surface area contributed by atoms with E-state index in [9.17, 15) is 10.2 Å². The average Bonchev–Trinajstić information content (AvgIpc) is 2.50. The first-order valence-electron chi connectivity index (χ1n) is 9.67. The molecule has 0 radical (unpaired) electrons. The van der Waals surface area contributed by atoms with Crippen LogP contribution in [-0.4, -0.2) is 23.4 Å². The lowest BCUT2D eigenvalue weighted by molar-refractivity contribution is 0.117. The molecule has 0 amide bonds. The lowest BCUT2D eigenvalue weighted by Crippen LogP contribution is -2.21. The second-order valence-electron chi connectivity index (χ2n) is 8.06. The fourth-order valence-corrected chi connectivity index (χ4v) is 3.58. The second-order valence-corrected chi connectivity index (χ2v) is 8.06. The van der Waals surface area contributed by atoms with Gasteiger partial charge in [-0.3, -0.25) is 0 Å². The maximum atomic E-state index is 9.51. The van der Waals surface area contributed by atoms with Gasteiger partial charge in [-0.2, -0.15) is 0 Å². The summed E-state index contributed by atoms with van der Waals surface area (Å²) < 4.78 is 0. The summed E-state index contributed by atoms with van der Waals surface area (Å²) in [6.07, 6.45) is 14.7. The van der Waals surface area contributed by atoms with Crippen molar-refractivity contribution in [2.75, 3.05) is 13.2 Å². The molecule has 0 spiro atoms. The van der Waals surface area contributed by atoms with Crippen LogP contribution in [0.2, 0.25) is 0 Å². The van der Waals surface area contributed by atoms with Crippen LogP contribution in [-0.2, 0) is 0 Å². The number of unbranched alkanes of at least 4 members (excludes halogenated alkanes) is 5. The summed E-state index contributed by atoms with van der Waals surface area (Å²) in [5, 5.41) is 19.0. The molecule has 0 aliphatic rings. The Balaban J connectivity index is 3.62. The first kappa shape index (κ1) is 21.9. The van der Waals surface area contributed by atoms with Crippen LogP contribution in [0.5, 0.6) is 0 Å². The quantitative estimate of drug-likeness (QED) is 0.380. The molecule has 0 aromatic carbocycles. The van der Waals surface area contributed by atoms with Gasteiger partial charge in [0.15, 0.2) is 0 Å². The molecule has 0 saturated carbocycles. The van der Waals surface area contributed by atoms with Crippen LogP contribution in [0, 0.1) is 10.8 Å². The van der Waals surface area contributed by atoms with Crippen LogP contribution in [0.25, 0.3) is 0 Å². The van der Waals surface area contributed by atoms with E-state index in [1.165, 1.54) is 51.4 Å². The molecule has 0 aliphatic heterocycles. The van der Waals surface area contributed by atoms with E-state index < -0.39 is 0 Å². The van der Waals surface area contributed by atoms with Gasteiger partial charge in [0, 0.05) is 13.2 Å². The smallest absolute Gasteiger partial charge is 0.0484 e. The molecule has 2 heteroatoms. The van der Waals surface area contributed by atoms with Crippen molar-refractivity contribution >= 4 is 0 Å². The Labute approximate surface area is 139 Å². The first-order valence-corrected chi connectivity index (χ1v) is 9.67. The third-order valence-corrected chi connectivity index (χ3v) is 5.28. The van der Waals surface area contributed by atoms with Crippen LogP contribution < -0.4 is 0 Å². The molecule has 0 saturated heterocycles. The van der Waals surface area contributed by atoms with Gasteiger partial charge in [-0.1, -0.05) is 79.1 Å². The minimum absolute atomic E-state index is 0.151. The molecule has 2 atom stereocenters. The lowest BCUT2D eigenvalue weighted by Gasteiger charge is -2.27. The van der Waals surface area contributed by atoms with Gasteiger partial charge in [-0.05, 0) is 36.5 Å². The second kappa shape index (κ2) is 12.4. The Morgan fingerprint density at radius 3 is 1.14 bits per heavy atom. The van der Waals surface area contributed by atoms with Crippen LogP contribution in [0.3, 0.4) is 0 Å². The molecule has 0 rings (SSSR count). The topological polar surface area (TPSA) is 40.5 Å². The van der Waals surface area contributed by atoms with E-state index in [0.717, 1.165) is 25.7 Å². The van der Waals surface area contributed by atoms with Gasteiger partial charge < -0.3 is 10.2 Å². The molecule has 0 aromatic heterocycles. The lowest BCUT2D eigenvalue weighted by atomic mass is 9.81. The van der Waals surface area contributed by atoms with E-state index in [2.05, 4.69) is 27.7 Å². The Bertz CT molecular complexity index is 228. The Kier molecular flexibility index (Phi) is 12.3. The van der Waals surface area contributed by atoms with Crippen LogP contribution in [0.15, 0.2) is 0 Å². The van der Waals surface area contributed by atoms with Crippen molar-refractivity contribution in [3.63, 3.8) is 0 Å². The molecular formula is C20H42O2. The molecule has 0 heterocycles. The van der Waals surface area contributed by atoms with Gasteiger partial charge >= 0.3 is 0 Å². The van der Waals surface area contributed by atoms with E-state index in [1.54, 1.807) is 0 Å². The predicted octanol–water partition coefficient (Wildman–Crippen LogP) is 5.70. The number of hydrogen-bond acceptors (Lipinski definition) is 2. The van der Waals surface area contributed by atoms with Crippen LogP contribution >= 0.6 is 0 Å². The van der Waals surface area contributed by atoms with E-state index in [4.69, 9.17) is 0 Å². The fraction of sp³-hybridized carbons (Fsp3) is 1.00. The highest BCUT2D eigenvalue weighted by atomic mass is 16.3. The number of aliphatic hydroxyl groups excluding tert-OH is 2. The third-order valence-electron chi connectivity index (χ3n) is 5.28. The van der Waals surface area contributed by atoms with Crippen molar-refractivity contribution in [3.8, 4) is 0 Å². The van der Waals surface area contributed by atoms with Crippen molar-refractivity contribution in [1.29, 1.82) is 0 Å². The van der Waals surface area contributed by atoms with Crippen molar-refractivity contribution in [3.05, 3.63) is 0 Å². The Hall–Kier alpha value is -0.0800. The molecule has 0 fully saturated rings. The largest absolute Gasteiger partial charge is 0.396 e. The molecule has 0 bridgehead atoms. The van der Waals surface area contributed by atoms with Gasteiger partial charge in [-0.15, -0.1) is 0 Å². The summed E-state index contributed by atoms with van der Waals surface area (Å²) >= 11 is 0. The van der Waals surface area contributed by atoms with E-state index in [1.807, 2.05) is 0 Å². The standard InChI is InChI=1S/C20H42O2/c1-5-13-19(3,17-21)15-11-9-7-8-10-12-16-20(4,18-22)14-6-2/h21-22H,5-18H2,1-4H3. The Morgan fingerprint density at radius 1 is 0.545 bits per heavy atom. The van der Waals surface area contributed by atoms with Gasteiger partial charge in [0.2, 0.25) is 0 Å². The maximum Gasteiger partial charge on any atom is 0.0484 e. The summed E-state index contributed by atoms with van der Waals surface area (Å²) in [6.45, 7) is 9.51. The number of rotatable bonds is 15. The average molecular weight is 315 g/mol. The van der Waals surface area contributed by atoms with Crippen molar-refractivity contribution < 1.29 is 10.2 Å². The van der Waals surface area contributed by atoms with Crippen LogP contribution in [0.1, 0.15) is 105 Å². The minimum Gasteiger partial charge on any atom is -0.396 e. The highest BCUT2D eigenvalue weighted by Gasteiger charge is 2.22. The normalized spacial score (nSPS) is 17.2. The monoisotopic (exact) mass is 314 g/mol. The maximum absolute atomic E-state index is 9.51. The first-order chi connectivity index (χ1) is 10.4. The summed E-state index contributed by atoms with van der Waals surface area (Å²) in [7, 11) is 0. The molecule has 2 unspecified atom stereocenters. The molecule has 0 aromatic rings. The van der Waals surface area contributed by atoms with E-state index >= 15 is 0 Å². The highest BCUT2D eigenvalue weighted by molar-refractivity contribution is 4.73. The summed E-state index contributed by atoms with van der Waals surface area (Å²) in [5.41, 5.74) is 0.301. The summed E-state index contributed by atoms with van der Waals surface area (Å²) in [5.74, 6) is 0. The van der Waals surface area contributed by atoms with Crippen molar-refractivity contribution in [2.24, 2.45) is 10.8 Å². The van der Waals surface area contributed by atoms with Crippen molar-refractivity contribution in [1.82, 2.24) is 0 Å². The van der Waals surface area contributed by atoms with Gasteiger partial charge in [0.05, 0.1) is 0 Å². The van der Waals surface area contributed by atoms with Crippen molar-refractivity contribution in [2.45, 2.75) is 105 Å². The molecule has 2 N–H and O–H groups in total. The molecular weight excluding hydrogens is 272 g/mol. The summed E-state index contributed by atoms with van der Waals surface area (Å²) in [6, 6.07) is 0. The van der Waals surface area contributed by atoms with Crippen LogP contribution in [0.4, 0.5) is 0 Å². The third kappa shape index (κ3) is 9.84. The Morgan fingerprint density at radius 2 is 0.864 bits per heavy atom. The molecule has 22 heavy (non-hydrogen) atoms. The minimum atomic E-state index is 0.151. The van der Waals surface area contributed by atoms with E-state index in [-0.39, 0.29) is 10.8 Å². The molecule has 134 valence electrons. The zero-order chi connectivity index (χ0) is 16.9. The highest BCUT2D eigenvalue weighted by Crippen LogP contribution is 2.31.